The Morgan fingerprint density at radius 3 is 2.45 bits per heavy atom. The van der Waals surface area contributed by atoms with Crippen molar-refractivity contribution in [1.29, 1.82) is 0 Å². The van der Waals surface area contributed by atoms with E-state index in [4.69, 9.17) is 19.2 Å². The van der Waals surface area contributed by atoms with Gasteiger partial charge in [0.15, 0.2) is 0 Å². The number of allylic oxidation sites excluding steroid dienone is 5. The van der Waals surface area contributed by atoms with E-state index >= 15 is 0 Å². The van der Waals surface area contributed by atoms with Crippen LogP contribution in [0, 0.1) is 18.8 Å². The lowest BCUT2D eigenvalue weighted by molar-refractivity contribution is -0.154. The van der Waals surface area contributed by atoms with Crippen LogP contribution in [0.4, 0.5) is 5.69 Å². The number of Topliss-reactive ketones (excluding diaryl/α,β-unsaturated/α-hetero) is 2. The fourth-order valence-electron chi connectivity index (χ4n) is 10.2. The summed E-state index contributed by atoms with van der Waals surface area (Å²) in [5.74, 6) is -5.40. The Morgan fingerprint density at radius 1 is 0.972 bits per heavy atom. The van der Waals surface area contributed by atoms with Gasteiger partial charge in [-0.2, -0.15) is 0 Å². The van der Waals surface area contributed by atoms with Crippen LogP contribution in [0.2, 0.25) is 0 Å². The van der Waals surface area contributed by atoms with E-state index in [2.05, 4.69) is 39.3 Å². The highest BCUT2D eigenvalue weighted by Crippen LogP contribution is 2.50. The number of carbonyl (C=O) groups excluding carboxylic acids is 5. The fourth-order valence-corrected chi connectivity index (χ4v) is 10.2. The molecule has 2 amide bonds. The number of rotatable bonds is 6. The van der Waals surface area contributed by atoms with Gasteiger partial charge in [0.1, 0.15) is 35.4 Å². The minimum Gasteiger partial charge on any atom is -0.507 e. The Kier molecular flexibility index (Phi) is 15.2. The summed E-state index contributed by atoms with van der Waals surface area (Å²) in [5.41, 5.74) is 0.793. The number of amides is 2. The van der Waals surface area contributed by atoms with Crippen molar-refractivity contribution < 1.29 is 53.5 Å². The van der Waals surface area contributed by atoms with Gasteiger partial charge in [0.25, 0.3) is 11.7 Å². The number of likely N-dealkylation sites (tertiary alicyclic amines) is 1. The van der Waals surface area contributed by atoms with Crippen LogP contribution in [-0.4, -0.2) is 141 Å². The number of ether oxygens (including phenoxy) is 3. The second-order valence-electron chi connectivity index (χ2n) is 20.2. The minimum absolute atomic E-state index is 0.0195. The van der Waals surface area contributed by atoms with Crippen molar-refractivity contribution in [3.8, 4) is 11.5 Å². The molecule has 18 nitrogen and oxygen atoms in total. The molecular weight excluding hydrogens is 911 g/mol. The van der Waals surface area contributed by atoms with E-state index in [0.717, 1.165) is 18.8 Å². The van der Waals surface area contributed by atoms with Crippen LogP contribution in [-0.2, 0) is 23.9 Å². The third kappa shape index (κ3) is 10.9. The van der Waals surface area contributed by atoms with Crippen molar-refractivity contribution in [1.82, 2.24) is 25.4 Å². The molecule has 380 valence electrons. The predicted molar refractivity (Wildman–Crippen MR) is 264 cm³/mol. The number of ketones is 2. The molecule has 1 aliphatic carbocycles. The van der Waals surface area contributed by atoms with E-state index in [1.54, 1.807) is 55.4 Å². The Hall–Kier alpha value is -6.37. The van der Waals surface area contributed by atoms with Crippen LogP contribution in [0.5, 0.6) is 11.5 Å². The van der Waals surface area contributed by atoms with Crippen molar-refractivity contribution in [2.24, 2.45) is 16.8 Å². The molecule has 2 unspecified atom stereocenters. The van der Waals surface area contributed by atoms with Gasteiger partial charge in [-0.25, -0.2) is 0 Å². The van der Waals surface area contributed by atoms with Crippen LogP contribution in [0.25, 0.3) is 0 Å². The monoisotopic (exact) mass is 977 g/mol. The highest BCUT2D eigenvalue weighted by molar-refractivity contribution is 6.34. The molecule has 0 saturated carbocycles. The van der Waals surface area contributed by atoms with Crippen molar-refractivity contribution in [2.75, 3.05) is 50.7 Å². The number of aliphatic hydroxyl groups is 2. The zero-order valence-electron chi connectivity index (χ0n) is 41.5. The lowest BCUT2D eigenvalue weighted by Gasteiger charge is -2.38. The normalized spacial score (nSPS) is 27.9. The molecule has 5 N–H and O–H groups in total. The Bertz CT molecular complexity index is 2580. The molecule has 2 saturated heterocycles. The number of esters is 1. The number of aromatic hydroxyl groups is 1. The number of hydrogen-bond acceptors (Lipinski definition) is 16. The maximum atomic E-state index is 14.7. The number of phenols is 1. The molecule has 2 fully saturated rings. The molecule has 1 aromatic carbocycles. The average Bonchev–Trinajstić information content (AvgIpc) is 3.69. The summed E-state index contributed by atoms with van der Waals surface area (Å²) in [6.07, 6.45) is 9.90. The van der Waals surface area contributed by atoms with Crippen molar-refractivity contribution in [3.05, 3.63) is 94.3 Å². The number of fused-ring (bicyclic) bond motifs is 13. The maximum absolute atomic E-state index is 14.7. The highest BCUT2D eigenvalue weighted by Gasteiger charge is 2.54. The van der Waals surface area contributed by atoms with Crippen LogP contribution < -0.4 is 20.3 Å². The van der Waals surface area contributed by atoms with Crippen molar-refractivity contribution in [2.45, 2.75) is 123 Å². The molecule has 71 heavy (non-hydrogen) atoms. The summed E-state index contributed by atoms with van der Waals surface area (Å²) in [5, 5.41) is 40.6. The number of benzene rings is 1. The Labute approximate surface area is 414 Å². The summed E-state index contributed by atoms with van der Waals surface area (Å²) in [6.45, 7) is 15.2. The zero-order chi connectivity index (χ0) is 50.8. The van der Waals surface area contributed by atoms with Gasteiger partial charge in [0.2, 0.25) is 11.7 Å². The Morgan fingerprint density at radius 2 is 1.72 bits per heavy atom. The number of aliphatic hydroxyl groups excluding tert-OH is 2. The van der Waals surface area contributed by atoms with Gasteiger partial charge in [-0.1, -0.05) is 39.0 Å². The van der Waals surface area contributed by atoms with E-state index in [9.17, 15) is 39.3 Å². The molecule has 9 rings (SSSR count). The van der Waals surface area contributed by atoms with E-state index < -0.39 is 71.3 Å². The number of aromatic nitrogens is 1. The largest absolute Gasteiger partial charge is 0.507 e. The number of anilines is 1. The third-order valence-corrected chi connectivity index (χ3v) is 14.3. The number of hydrogen-bond donors (Lipinski definition) is 5. The number of nitrogens with one attached hydrogen (secondary N) is 2. The second-order valence-corrected chi connectivity index (χ2v) is 20.2. The molecule has 18 heteroatoms. The summed E-state index contributed by atoms with van der Waals surface area (Å²) >= 11 is 0. The molecule has 6 aliphatic heterocycles. The average molecular weight is 978 g/mol. The standard InChI is InChI=1S/C53H67N7O11/c1-31(2)30-58-22-16-53(17-23-58)56-44-41-42-47(65)34(5)49-43(41)50(67)52(6,71-49)69-26-8-7-13-37(70-40(64)29-39(63)60-21-10-20-59(24-25-60)35-14-18-54-19-15-35)27-36(61)28-38(62)32(3)11-9-12-33(4)51(68)55-46(48(42)66)45(44)57-53/h8-9,11-12,14-15,18-19,26,31-32,36-38,57,61-62,65H,7,10,13,16-17,20-25,27-30H2,1-6H3,(H,55,68)/b11-9+,26-8+,33-12-/t32?,36?,37-,38-,52+/m1/s1. The molecular formula is C53H67N7O11. The summed E-state index contributed by atoms with van der Waals surface area (Å²) < 4.78 is 18.2. The van der Waals surface area contributed by atoms with Crippen molar-refractivity contribution in [3.63, 3.8) is 0 Å². The fraction of sp³-hybridized carbons (Fsp3) is 0.528. The smallest absolute Gasteiger partial charge is 0.315 e. The molecule has 0 radical (unpaired) electrons. The van der Waals surface area contributed by atoms with Crippen LogP contribution in [0.15, 0.2) is 77.1 Å². The number of pyridine rings is 1. The Balaban J connectivity index is 1.06. The maximum Gasteiger partial charge on any atom is 0.315 e. The summed E-state index contributed by atoms with van der Waals surface area (Å²) in [4.78, 5) is 85.7. The van der Waals surface area contributed by atoms with Gasteiger partial charge in [0.05, 0.1) is 41.0 Å². The molecule has 1 spiro atoms. The summed E-state index contributed by atoms with van der Waals surface area (Å²) in [7, 11) is 0. The van der Waals surface area contributed by atoms with Gasteiger partial charge < -0.3 is 54.9 Å². The number of piperidine rings is 1. The molecule has 2 aromatic rings. The molecule has 5 bridgehead atoms. The topological polar surface area (TPSA) is 233 Å². The number of carbonyl (C=O) groups is 5. The highest BCUT2D eigenvalue weighted by atomic mass is 16.7. The predicted octanol–water partition coefficient (Wildman–Crippen LogP) is 4.76. The third-order valence-electron chi connectivity index (χ3n) is 14.3. The quantitative estimate of drug-likeness (QED) is 0.194. The van der Waals surface area contributed by atoms with E-state index in [0.29, 0.717) is 57.9 Å². The van der Waals surface area contributed by atoms with Gasteiger partial charge in [-0.3, -0.25) is 33.9 Å². The first-order valence-electron chi connectivity index (χ1n) is 24.9. The number of aliphatic imine (C=N–C) groups is 1. The van der Waals surface area contributed by atoms with E-state index in [1.807, 2.05) is 12.1 Å². The minimum atomic E-state index is -1.94. The summed E-state index contributed by atoms with van der Waals surface area (Å²) in [6, 6.07) is 3.84. The van der Waals surface area contributed by atoms with Gasteiger partial charge >= 0.3 is 11.8 Å². The van der Waals surface area contributed by atoms with Gasteiger partial charge in [-0.15, -0.1) is 0 Å². The number of phenolic OH excluding ortho intramolecular Hbond substituents is 1. The van der Waals surface area contributed by atoms with Crippen molar-refractivity contribution >= 4 is 40.7 Å². The lowest BCUT2D eigenvalue weighted by Crippen LogP contribution is -2.50. The van der Waals surface area contributed by atoms with Crippen LogP contribution in [0.3, 0.4) is 0 Å². The molecule has 7 heterocycles. The van der Waals surface area contributed by atoms with Gasteiger partial charge in [-0.05, 0) is 63.7 Å². The zero-order valence-corrected chi connectivity index (χ0v) is 41.5. The SMILES string of the molecule is C/C1=C/C=C/C(C)[C@H](O)CC(O)C[C@H](OC(=O)CC(=O)N2CCCN(c3ccncc3)CC2)CC/C=C/O[C@@]2(C)Oc3c(C)c(O)c4c(c3C2=O)C2=NC3(CCN(CC(C)C)CC3)NC2=C(NC1=O)C4=O. The van der Waals surface area contributed by atoms with E-state index in [-0.39, 0.29) is 82.3 Å². The molecule has 7 aliphatic rings. The number of nitrogens with zero attached hydrogens (tertiary/aromatic N) is 5. The lowest BCUT2D eigenvalue weighted by atomic mass is 9.82. The molecule has 1 aromatic heterocycles. The van der Waals surface area contributed by atoms with Crippen LogP contribution in [0.1, 0.15) is 118 Å². The first kappa shape index (κ1) is 51.0. The van der Waals surface area contributed by atoms with E-state index in [1.165, 1.54) is 20.1 Å². The molecule has 5 atom stereocenters. The first-order chi connectivity index (χ1) is 33.9. The first-order valence-corrected chi connectivity index (χ1v) is 24.9. The van der Waals surface area contributed by atoms with Crippen LogP contribution >= 0.6 is 0 Å². The van der Waals surface area contributed by atoms with Gasteiger partial charge in [0, 0.05) is 113 Å². The second kappa shape index (κ2) is 21.2.